The Balaban J connectivity index is 1.66. The number of aromatic hydroxyl groups is 2. The van der Waals surface area contributed by atoms with Crippen molar-refractivity contribution in [1.29, 1.82) is 5.26 Å². The Morgan fingerprint density at radius 1 is 1.06 bits per heavy atom. The van der Waals surface area contributed by atoms with E-state index in [0.29, 0.717) is 17.1 Å². The molecule has 0 saturated carbocycles. The molecule has 1 fully saturated rings. The molecule has 2 aliphatic heterocycles. The lowest BCUT2D eigenvalue weighted by Crippen LogP contribution is -2.52. The second-order valence-corrected chi connectivity index (χ2v) is 8.54. The van der Waals surface area contributed by atoms with Gasteiger partial charge in [-0.2, -0.15) is 18.4 Å². The van der Waals surface area contributed by atoms with E-state index in [0.717, 1.165) is 16.7 Å². The summed E-state index contributed by atoms with van der Waals surface area (Å²) in [7, 11) is 0. The van der Waals surface area contributed by atoms with Crippen LogP contribution in [0.15, 0.2) is 36.7 Å². The highest BCUT2D eigenvalue weighted by molar-refractivity contribution is 5.62. The number of aromatic nitrogens is 3. The van der Waals surface area contributed by atoms with E-state index in [1.54, 1.807) is 32.3 Å². The van der Waals surface area contributed by atoms with Gasteiger partial charge in [0.1, 0.15) is 11.2 Å². The summed E-state index contributed by atoms with van der Waals surface area (Å²) in [6.07, 6.45) is -1.58. The van der Waals surface area contributed by atoms with Gasteiger partial charge in [0.25, 0.3) is 0 Å². The highest BCUT2D eigenvalue weighted by Crippen LogP contribution is 2.59. The van der Waals surface area contributed by atoms with Gasteiger partial charge in [-0.3, -0.25) is 4.57 Å². The van der Waals surface area contributed by atoms with Gasteiger partial charge in [0.15, 0.2) is 0 Å². The molecule has 5 rings (SSSR count). The predicted octanol–water partition coefficient (Wildman–Crippen LogP) is 3.55. The van der Waals surface area contributed by atoms with Crippen LogP contribution in [0.25, 0.3) is 5.69 Å². The summed E-state index contributed by atoms with van der Waals surface area (Å²) in [5.41, 5.74) is -3.43. The summed E-state index contributed by atoms with van der Waals surface area (Å²) in [4.78, 5) is 10.4. The number of anilines is 1. The van der Waals surface area contributed by atoms with Gasteiger partial charge < -0.3 is 19.8 Å². The maximum Gasteiger partial charge on any atom is 0.417 e. The lowest BCUT2D eigenvalue weighted by atomic mass is 9.94. The van der Waals surface area contributed by atoms with E-state index in [4.69, 9.17) is 10.00 Å². The first-order valence-electron chi connectivity index (χ1n) is 10.00. The Hall–Kier alpha value is -3.78. The highest BCUT2D eigenvalue weighted by Gasteiger charge is 2.59. The number of nitrogens with zero attached hydrogens (tertiary/aromatic N) is 5. The molecule has 2 bridgehead atoms. The quantitative estimate of drug-likeness (QED) is 0.606. The van der Waals surface area contributed by atoms with Crippen molar-refractivity contribution in [2.45, 2.75) is 31.2 Å². The molecule has 2 atom stereocenters. The Morgan fingerprint density at radius 3 is 2.15 bits per heavy atom. The van der Waals surface area contributed by atoms with E-state index in [2.05, 4.69) is 9.97 Å². The number of hydrogen-bond donors (Lipinski definition) is 2. The SMILES string of the molecule is CC12CN(c3ncccn3)CC(C)(O1)c1c2c(O)n(-c2ccc(C#N)c(C(F)(F)F)c2)c1O. The van der Waals surface area contributed by atoms with Crippen LogP contribution >= 0.6 is 0 Å². The fraction of sp³-hybridized carbons (Fsp3) is 0.318. The molecule has 170 valence electrons. The third-order valence-corrected chi connectivity index (χ3v) is 6.14. The smallest absolute Gasteiger partial charge is 0.417 e. The fourth-order valence-corrected chi connectivity index (χ4v) is 5.00. The number of ether oxygens (including phenoxy) is 1. The van der Waals surface area contributed by atoms with Gasteiger partial charge >= 0.3 is 6.18 Å². The number of alkyl halides is 3. The van der Waals surface area contributed by atoms with Crippen LogP contribution in [0.1, 0.15) is 36.1 Å². The van der Waals surface area contributed by atoms with Gasteiger partial charge in [-0.15, -0.1) is 0 Å². The number of hydrogen-bond acceptors (Lipinski definition) is 7. The molecule has 2 N–H and O–H groups in total. The lowest BCUT2D eigenvalue weighted by molar-refractivity contribution is -0.139. The van der Waals surface area contributed by atoms with Crippen LogP contribution in [0, 0.1) is 11.3 Å². The molecule has 1 aromatic carbocycles. The second-order valence-electron chi connectivity index (χ2n) is 8.54. The van der Waals surface area contributed by atoms with Crippen molar-refractivity contribution in [2.24, 2.45) is 0 Å². The first-order chi connectivity index (χ1) is 15.5. The fourth-order valence-electron chi connectivity index (χ4n) is 5.00. The molecule has 0 aliphatic carbocycles. The maximum absolute atomic E-state index is 13.5. The van der Waals surface area contributed by atoms with Crippen molar-refractivity contribution >= 4 is 5.95 Å². The van der Waals surface area contributed by atoms with Crippen molar-refractivity contribution in [3.63, 3.8) is 0 Å². The predicted molar refractivity (Wildman–Crippen MR) is 109 cm³/mol. The van der Waals surface area contributed by atoms with Gasteiger partial charge in [-0.1, -0.05) is 0 Å². The summed E-state index contributed by atoms with van der Waals surface area (Å²) >= 11 is 0. The minimum Gasteiger partial charge on any atom is -0.494 e. The number of fused-ring (bicyclic) bond motifs is 5. The Bertz CT molecular complexity index is 1280. The third kappa shape index (κ3) is 2.94. The van der Waals surface area contributed by atoms with Gasteiger partial charge in [0, 0.05) is 12.4 Å². The largest absolute Gasteiger partial charge is 0.494 e. The minimum atomic E-state index is -4.78. The van der Waals surface area contributed by atoms with E-state index >= 15 is 0 Å². The number of benzene rings is 1. The average Bonchev–Trinajstić information content (AvgIpc) is 3.13. The first kappa shape index (κ1) is 21.1. The molecule has 0 radical (unpaired) electrons. The standard InChI is InChI=1S/C22H18F3N5O3/c1-20-10-29(19-27-6-3-7-28-19)11-21(2,33-20)16-15(20)17(31)30(18(16)32)13-5-4-12(9-26)14(8-13)22(23,24)25/h3-8,31-32H,10-11H2,1-2H3. The van der Waals surface area contributed by atoms with Crippen LogP contribution in [0.5, 0.6) is 11.8 Å². The molecule has 2 aliphatic rings. The van der Waals surface area contributed by atoms with Crippen molar-refractivity contribution < 1.29 is 28.1 Å². The Morgan fingerprint density at radius 2 is 1.64 bits per heavy atom. The topological polar surface area (TPSA) is 107 Å². The summed E-state index contributed by atoms with van der Waals surface area (Å²) in [5, 5.41) is 31.3. The number of morpholine rings is 1. The molecule has 3 aromatic rings. The van der Waals surface area contributed by atoms with Gasteiger partial charge in [0.05, 0.1) is 47.1 Å². The van der Waals surface area contributed by atoms with Crippen LogP contribution in [-0.2, 0) is 22.1 Å². The van der Waals surface area contributed by atoms with Crippen LogP contribution in [0.2, 0.25) is 0 Å². The van der Waals surface area contributed by atoms with E-state index in [1.165, 1.54) is 12.1 Å². The van der Waals surface area contributed by atoms with E-state index in [1.807, 2.05) is 4.90 Å². The average molecular weight is 457 g/mol. The number of halogens is 3. The molecular weight excluding hydrogens is 439 g/mol. The summed E-state index contributed by atoms with van der Waals surface area (Å²) in [6, 6.07) is 6.20. The maximum atomic E-state index is 13.5. The number of rotatable bonds is 2. The Labute approximate surface area is 186 Å². The van der Waals surface area contributed by atoms with Gasteiger partial charge in [0.2, 0.25) is 17.7 Å². The van der Waals surface area contributed by atoms with Crippen molar-refractivity contribution in [3.05, 3.63) is 58.9 Å². The van der Waals surface area contributed by atoms with Crippen LogP contribution in [-0.4, -0.2) is 37.8 Å². The third-order valence-electron chi connectivity index (χ3n) is 6.14. The zero-order valence-corrected chi connectivity index (χ0v) is 17.6. The zero-order chi connectivity index (χ0) is 23.8. The van der Waals surface area contributed by atoms with E-state index < -0.39 is 40.3 Å². The van der Waals surface area contributed by atoms with Crippen molar-refractivity contribution in [1.82, 2.24) is 14.5 Å². The van der Waals surface area contributed by atoms with Crippen LogP contribution < -0.4 is 4.90 Å². The molecule has 33 heavy (non-hydrogen) atoms. The molecular formula is C22H18F3N5O3. The van der Waals surface area contributed by atoms with Gasteiger partial charge in [-0.05, 0) is 38.1 Å². The lowest BCUT2D eigenvalue weighted by Gasteiger charge is -2.43. The molecule has 4 heterocycles. The Kier molecular flexibility index (Phi) is 4.23. The second kappa shape index (κ2) is 6.62. The zero-order valence-electron chi connectivity index (χ0n) is 17.6. The van der Waals surface area contributed by atoms with E-state index in [9.17, 15) is 23.4 Å². The molecule has 8 nitrogen and oxygen atoms in total. The molecule has 2 aromatic heterocycles. The van der Waals surface area contributed by atoms with E-state index in [-0.39, 0.29) is 18.8 Å². The summed E-state index contributed by atoms with van der Waals surface area (Å²) < 4.78 is 47.7. The van der Waals surface area contributed by atoms with Gasteiger partial charge in [-0.25, -0.2) is 9.97 Å². The molecule has 0 spiro atoms. The molecule has 11 heteroatoms. The summed E-state index contributed by atoms with van der Waals surface area (Å²) in [6.45, 7) is 3.96. The number of nitriles is 1. The first-order valence-corrected chi connectivity index (χ1v) is 10.00. The summed E-state index contributed by atoms with van der Waals surface area (Å²) in [5.74, 6) is -0.401. The molecule has 1 saturated heterocycles. The molecule has 0 amide bonds. The van der Waals surface area contributed by atoms with Crippen LogP contribution in [0.4, 0.5) is 19.1 Å². The monoisotopic (exact) mass is 457 g/mol. The minimum absolute atomic E-state index is 0.126. The van der Waals surface area contributed by atoms with Crippen LogP contribution in [0.3, 0.4) is 0 Å². The highest BCUT2D eigenvalue weighted by atomic mass is 19.4. The van der Waals surface area contributed by atoms with Crippen molar-refractivity contribution in [2.75, 3.05) is 18.0 Å². The normalized spacial score (nSPS) is 23.9. The molecule has 2 unspecified atom stereocenters. The van der Waals surface area contributed by atoms with Crippen molar-refractivity contribution in [3.8, 4) is 23.5 Å².